The Labute approximate surface area is 113 Å². The van der Waals surface area contributed by atoms with Crippen LogP contribution in [0, 0.1) is 5.92 Å². The minimum Gasteiger partial charge on any atom is -0.466 e. The number of hydrogen-bond acceptors (Lipinski definition) is 3. The van der Waals surface area contributed by atoms with Gasteiger partial charge < -0.3 is 10.1 Å². The molecule has 1 rings (SSSR count). The number of esters is 1. The molecular weight excluding hydrogens is 282 g/mol. The fourth-order valence-corrected chi connectivity index (χ4v) is 2.11. The Hall–Kier alpha value is -1.34. The normalized spacial score (nSPS) is 23.5. The highest BCUT2D eigenvalue weighted by Crippen LogP contribution is 2.27. The maximum absolute atomic E-state index is 12.8. The average Bonchev–Trinajstić information content (AvgIpc) is 2.39. The lowest BCUT2D eigenvalue weighted by molar-refractivity contribution is -0.170. The van der Waals surface area contributed by atoms with E-state index in [4.69, 9.17) is 4.74 Å². The molecule has 1 N–H and O–H groups in total. The highest BCUT2D eigenvalue weighted by molar-refractivity contribution is 5.84. The molecule has 0 aliphatic heterocycles. The summed E-state index contributed by atoms with van der Waals surface area (Å²) in [5.74, 6) is -7.32. The van der Waals surface area contributed by atoms with Crippen molar-refractivity contribution >= 4 is 11.9 Å². The van der Waals surface area contributed by atoms with Gasteiger partial charge in [0.05, 0.1) is 12.5 Å². The van der Waals surface area contributed by atoms with Gasteiger partial charge in [-0.05, 0) is 32.6 Å². The molecule has 20 heavy (non-hydrogen) atoms. The smallest absolute Gasteiger partial charge is 0.383 e. The summed E-state index contributed by atoms with van der Waals surface area (Å²) in [5.41, 5.74) is 0. The monoisotopic (exact) mass is 299 g/mol. The van der Waals surface area contributed by atoms with Crippen molar-refractivity contribution in [1.82, 2.24) is 5.32 Å². The summed E-state index contributed by atoms with van der Waals surface area (Å²) in [6, 6.07) is -0.613. The van der Waals surface area contributed by atoms with Gasteiger partial charge in [-0.15, -0.1) is 0 Å². The van der Waals surface area contributed by atoms with Crippen LogP contribution >= 0.6 is 0 Å². The predicted molar refractivity (Wildman–Crippen MR) is 61.5 cm³/mol. The molecule has 0 atom stereocenters. The second kappa shape index (κ2) is 6.90. The SMILES string of the molecule is CCOC(=O)C1CCC(NC(=O)C(F)(F)C(F)F)CC1. The quantitative estimate of drug-likeness (QED) is 0.625. The number of hydrogen-bond donors (Lipinski definition) is 1. The maximum Gasteiger partial charge on any atom is 0.383 e. The molecule has 1 fully saturated rings. The first-order chi connectivity index (χ1) is 9.28. The highest BCUT2D eigenvalue weighted by Gasteiger charge is 2.49. The molecule has 0 saturated heterocycles. The number of halogens is 4. The average molecular weight is 299 g/mol. The summed E-state index contributed by atoms with van der Waals surface area (Å²) in [4.78, 5) is 22.5. The standard InChI is InChI=1S/C12H17F4NO3/c1-2-20-9(18)7-3-5-8(6-4-7)17-11(19)12(15,16)10(13)14/h7-8,10H,2-6H2,1H3,(H,17,19). The largest absolute Gasteiger partial charge is 0.466 e. The minimum atomic E-state index is -4.68. The number of carbonyl (C=O) groups excluding carboxylic acids is 2. The van der Waals surface area contributed by atoms with Gasteiger partial charge in [0.1, 0.15) is 0 Å². The number of ether oxygens (including phenoxy) is 1. The molecule has 0 aromatic heterocycles. The molecule has 116 valence electrons. The number of nitrogens with one attached hydrogen (secondary N) is 1. The first-order valence-corrected chi connectivity index (χ1v) is 6.42. The number of amides is 1. The van der Waals surface area contributed by atoms with Crippen molar-refractivity contribution in [2.24, 2.45) is 5.92 Å². The zero-order valence-electron chi connectivity index (χ0n) is 11.0. The molecule has 1 saturated carbocycles. The molecule has 0 bridgehead atoms. The second-order valence-electron chi connectivity index (χ2n) is 4.70. The summed E-state index contributed by atoms with van der Waals surface area (Å²) in [6.07, 6.45) is -2.70. The zero-order valence-corrected chi connectivity index (χ0v) is 11.0. The fraction of sp³-hybridized carbons (Fsp3) is 0.833. The van der Waals surface area contributed by atoms with Crippen molar-refractivity contribution in [3.63, 3.8) is 0 Å². The third-order valence-corrected chi connectivity index (χ3v) is 3.26. The second-order valence-corrected chi connectivity index (χ2v) is 4.70. The molecule has 8 heteroatoms. The summed E-state index contributed by atoms with van der Waals surface area (Å²) in [6.45, 7) is 1.94. The lowest BCUT2D eigenvalue weighted by Crippen LogP contribution is -2.50. The number of rotatable bonds is 5. The van der Waals surface area contributed by atoms with Crippen molar-refractivity contribution in [1.29, 1.82) is 0 Å². The van der Waals surface area contributed by atoms with E-state index in [1.54, 1.807) is 6.92 Å². The van der Waals surface area contributed by atoms with E-state index >= 15 is 0 Å². The Morgan fingerprint density at radius 3 is 2.25 bits per heavy atom. The molecule has 1 amide bonds. The Morgan fingerprint density at radius 2 is 1.80 bits per heavy atom. The van der Waals surface area contributed by atoms with E-state index in [1.807, 2.05) is 5.32 Å². The predicted octanol–water partition coefficient (Wildman–Crippen LogP) is 2.12. The molecule has 0 spiro atoms. The van der Waals surface area contributed by atoms with Gasteiger partial charge in [0.25, 0.3) is 5.91 Å². The third-order valence-electron chi connectivity index (χ3n) is 3.26. The molecule has 0 heterocycles. The topological polar surface area (TPSA) is 55.4 Å². The Balaban J connectivity index is 2.43. The molecule has 0 unspecified atom stereocenters. The summed E-state index contributed by atoms with van der Waals surface area (Å²) in [5, 5.41) is 1.91. The van der Waals surface area contributed by atoms with Gasteiger partial charge in [0.15, 0.2) is 0 Å². The van der Waals surface area contributed by atoms with Crippen LogP contribution in [0.2, 0.25) is 0 Å². The van der Waals surface area contributed by atoms with Crippen molar-refractivity contribution in [3.05, 3.63) is 0 Å². The first kappa shape index (κ1) is 16.7. The molecule has 0 radical (unpaired) electrons. The number of carbonyl (C=O) groups is 2. The molecule has 1 aliphatic rings. The van der Waals surface area contributed by atoms with E-state index in [0.29, 0.717) is 12.8 Å². The van der Waals surface area contributed by atoms with Gasteiger partial charge in [-0.2, -0.15) is 8.78 Å². The van der Waals surface area contributed by atoms with Crippen LogP contribution in [-0.2, 0) is 14.3 Å². The lowest BCUT2D eigenvalue weighted by Gasteiger charge is -2.28. The molecule has 0 aromatic carbocycles. The van der Waals surface area contributed by atoms with Gasteiger partial charge in [-0.1, -0.05) is 0 Å². The lowest BCUT2D eigenvalue weighted by atomic mass is 9.86. The van der Waals surface area contributed by atoms with Crippen molar-refractivity contribution in [2.45, 2.75) is 51.0 Å². The van der Waals surface area contributed by atoms with Gasteiger partial charge in [-0.3, -0.25) is 9.59 Å². The van der Waals surface area contributed by atoms with Gasteiger partial charge in [0.2, 0.25) is 0 Å². The molecule has 0 aromatic rings. The zero-order chi connectivity index (χ0) is 15.3. The number of alkyl halides is 4. The minimum absolute atomic E-state index is 0.260. The Morgan fingerprint density at radius 1 is 1.25 bits per heavy atom. The third kappa shape index (κ3) is 4.08. The van der Waals surface area contributed by atoms with E-state index in [-0.39, 0.29) is 31.3 Å². The van der Waals surface area contributed by atoms with E-state index < -0.39 is 24.3 Å². The maximum atomic E-state index is 12.8. The molecular formula is C12H17F4NO3. The highest BCUT2D eigenvalue weighted by atomic mass is 19.3. The van der Waals surface area contributed by atoms with Crippen LogP contribution < -0.4 is 5.32 Å². The van der Waals surface area contributed by atoms with Crippen molar-refractivity contribution in [2.75, 3.05) is 6.61 Å². The van der Waals surface area contributed by atoms with E-state index in [9.17, 15) is 27.2 Å². The fourth-order valence-electron chi connectivity index (χ4n) is 2.11. The molecule has 1 aliphatic carbocycles. The van der Waals surface area contributed by atoms with E-state index in [1.165, 1.54) is 0 Å². The summed E-state index contributed by atoms with van der Waals surface area (Å²) < 4.78 is 54.4. The Kier molecular flexibility index (Phi) is 5.76. The van der Waals surface area contributed by atoms with Crippen LogP contribution in [0.1, 0.15) is 32.6 Å². The van der Waals surface area contributed by atoms with Gasteiger partial charge in [-0.25, -0.2) is 8.78 Å². The van der Waals surface area contributed by atoms with Crippen LogP contribution in [0.5, 0.6) is 0 Å². The van der Waals surface area contributed by atoms with Crippen LogP contribution in [0.15, 0.2) is 0 Å². The first-order valence-electron chi connectivity index (χ1n) is 6.42. The van der Waals surface area contributed by atoms with Crippen LogP contribution in [-0.4, -0.2) is 36.9 Å². The van der Waals surface area contributed by atoms with Crippen molar-refractivity contribution < 1.29 is 31.9 Å². The van der Waals surface area contributed by atoms with Crippen LogP contribution in [0.3, 0.4) is 0 Å². The van der Waals surface area contributed by atoms with Crippen molar-refractivity contribution in [3.8, 4) is 0 Å². The van der Waals surface area contributed by atoms with E-state index in [0.717, 1.165) is 0 Å². The summed E-state index contributed by atoms with van der Waals surface area (Å²) >= 11 is 0. The summed E-state index contributed by atoms with van der Waals surface area (Å²) in [7, 11) is 0. The van der Waals surface area contributed by atoms with Crippen LogP contribution in [0.4, 0.5) is 17.6 Å². The molecule has 4 nitrogen and oxygen atoms in total. The van der Waals surface area contributed by atoms with Gasteiger partial charge in [0, 0.05) is 6.04 Å². The van der Waals surface area contributed by atoms with Gasteiger partial charge >= 0.3 is 18.3 Å². The Bertz CT molecular complexity index is 355. The van der Waals surface area contributed by atoms with E-state index in [2.05, 4.69) is 0 Å². The van der Waals surface area contributed by atoms with Crippen LogP contribution in [0.25, 0.3) is 0 Å².